The van der Waals surface area contributed by atoms with Crippen LogP contribution in [0, 0.1) is 10.1 Å². The highest BCUT2D eigenvalue weighted by atomic mass is 35.5. The molecule has 0 aliphatic heterocycles. The van der Waals surface area contributed by atoms with Crippen molar-refractivity contribution in [3.63, 3.8) is 0 Å². The number of halogens is 1. The summed E-state index contributed by atoms with van der Waals surface area (Å²) in [4.78, 5) is 20.4. The van der Waals surface area contributed by atoms with Crippen molar-refractivity contribution in [1.82, 2.24) is 9.97 Å². The molecule has 6 nitrogen and oxygen atoms in total. The summed E-state index contributed by atoms with van der Waals surface area (Å²) in [5.74, 6) is 0.146. The third-order valence-electron chi connectivity index (χ3n) is 4.04. The van der Waals surface area contributed by atoms with Gasteiger partial charge in [0.25, 0.3) is 0 Å². The minimum Gasteiger partial charge on any atom is -0.334 e. The summed E-state index contributed by atoms with van der Waals surface area (Å²) < 4.78 is 0. The Hall–Kier alpha value is -3.16. The van der Waals surface area contributed by atoms with Crippen molar-refractivity contribution in [3.8, 4) is 0 Å². The lowest BCUT2D eigenvalue weighted by Gasteiger charge is -2.10. The molecule has 0 atom stereocenters. The number of hydrogen-bond donors (Lipinski definition) is 1. The van der Waals surface area contributed by atoms with E-state index in [1.165, 1.54) is 18.1 Å². The fraction of sp³-hybridized carbons (Fsp3) is 0. The monoisotopic (exact) mass is 408 g/mol. The summed E-state index contributed by atoms with van der Waals surface area (Å²) >= 11 is 7.09. The van der Waals surface area contributed by atoms with Crippen LogP contribution in [-0.2, 0) is 0 Å². The third kappa shape index (κ3) is 3.76. The number of nitro groups is 1. The van der Waals surface area contributed by atoms with Crippen LogP contribution in [0.5, 0.6) is 0 Å². The second-order valence-corrected chi connectivity index (χ2v) is 7.34. The third-order valence-corrected chi connectivity index (χ3v) is 5.29. The first-order valence-corrected chi connectivity index (χ1v) is 9.49. The lowest BCUT2D eigenvalue weighted by molar-refractivity contribution is -0.387. The molecular weight excluding hydrogens is 396 g/mol. The Morgan fingerprint density at radius 2 is 1.71 bits per heavy atom. The molecule has 1 heterocycles. The molecule has 0 amide bonds. The zero-order valence-electron chi connectivity index (χ0n) is 14.4. The van der Waals surface area contributed by atoms with Gasteiger partial charge in [-0.2, -0.15) is 0 Å². The maximum Gasteiger partial charge on any atom is 0.343 e. The Bertz CT molecular complexity index is 1160. The van der Waals surface area contributed by atoms with E-state index in [1.807, 2.05) is 42.5 Å². The number of benzene rings is 3. The number of nitrogens with one attached hydrogen (secondary N) is 1. The molecular formula is C20H13ClN4O2S. The minimum atomic E-state index is -0.467. The van der Waals surface area contributed by atoms with Crippen molar-refractivity contribution < 1.29 is 4.92 Å². The number of hydrogen-bond acceptors (Lipinski definition) is 6. The van der Waals surface area contributed by atoms with Gasteiger partial charge in [-0.3, -0.25) is 10.1 Å². The average Bonchev–Trinajstić information content (AvgIpc) is 2.70. The summed E-state index contributed by atoms with van der Waals surface area (Å²) in [6.45, 7) is 0. The first kappa shape index (κ1) is 18.2. The number of nitrogens with zero attached hydrogens (tertiary/aromatic N) is 3. The van der Waals surface area contributed by atoms with E-state index >= 15 is 0 Å². The Labute approximate surface area is 169 Å². The maximum atomic E-state index is 11.8. The van der Waals surface area contributed by atoms with Crippen LogP contribution < -0.4 is 5.32 Å². The van der Waals surface area contributed by atoms with Crippen molar-refractivity contribution in [1.29, 1.82) is 0 Å². The normalized spacial score (nSPS) is 10.8. The first-order valence-electron chi connectivity index (χ1n) is 8.29. The SMILES string of the molecule is O=[N+]([O-])c1c(Nc2cccc3ccccc23)ncnc1Sc1ccc(Cl)cc1. The summed E-state index contributed by atoms with van der Waals surface area (Å²) in [5.41, 5.74) is 0.567. The van der Waals surface area contributed by atoms with Crippen LogP contribution in [0.4, 0.5) is 17.2 Å². The largest absolute Gasteiger partial charge is 0.343 e. The Balaban J connectivity index is 1.74. The fourth-order valence-electron chi connectivity index (χ4n) is 2.77. The summed E-state index contributed by atoms with van der Waals surface area (Å²) in [5, 5.41) is 17.7. The van der Waals surface area contributed by atoms with Crippen molar-refractivity contribution >= 4 is 51.3 Å². The Morgan fingerprint density at radius 3 is 2.50 bits per heavy atom. The van der Waals surface area contributed by atoms with E-state index in [2.05, 4.69) is 15.3 Å². The quantitative estimate of drug-likeness (QED) is 0.244. The number of anilines is 2. The number of aromatic nitrogens is 2. The van der Waals surface area contributed by atoms with Crippen LogP contribution >= 0.6 is 23.4 Å². The highest BCUT2D eigenvalue weighted by Crippen LogP contribution is 2.38. The highest BCUT2D eigenvalue weighted by Gasteiger charge is 2.24. The molecule has 8 heteroatoms. The molecule has 0 aliphatic rings. The second-order valence-electron chi connectivity index (χ2n) is 5.84. The van der Waals surface area contributed by atoms with Gasteiger partial charge in [-0.15, -0.1) is 0 Å². The number of rotatable bonds is 5. The molecule has 0 saturated heterocycles. The molecule has 3 aromatic carbocycles. The zero-order valence-corrected chi connectivity index (χ0v) is 15.9. The lowest BCUT2D eigenvalue weighted by Crippen LogP contribution is -2.03. The van der Waals surface area contributed by atoms with E-state index in [9.17, 15) is 10.1 Å². The van der Waals surface area contributed by atoms with Crippen LogP contribution in [0.3, 0.4) is 0 Å². The standard InChI is InChI=1S/C20H13ClN4O2S/c21-14-8-10-15(11-9-14)28-20-18(25(26)27)19(22-12-23-20)24-17-7-3-5-13-4-1-2-6-16(13)17/h1-12H,(H,22,23,24). The van der Waals surface area contributed by atoms with Crippen LogP contribution in [0.25, 0.3) is 10.8 Å². The number of fused-ring (bicyclic) bond motifs is 1. The molecule has 0 bridgehead atoms. The van der Waals surface area contributed by atoms with Crippen molar-refractivity contribution in [3.05, 3.63) is 88.2 Å². The molecule has 0 radical (unpaired) electrons. The summed E-state index contributed by atoms with van der Waals surface area (Å²) in [7, 11) is 0. The van der Waals surface area contributed by atoms with Crippen LogP contribution in [-0.4, -0.2) is 14.9 Å². The highest BCUT2D eigenvalue weighted by molar-refractivity contribution is 7.99. The molecule has 4 rings (SSSR count). The van der Waals surface area contributed by atoms with Gasteiger partial charge in [-0.1, -0.05) is 59.8 Å². The molecule has 0 aliphatic carbocycles. The molecule has 4 aromatic rings. The average molecular weight is 409 g/mol. The topological polar surface area (TPSA) is 81.0 Å². The predicted octanol–water partition coefficient (Wildman–Crippen LogP) is 6.09. The molecule has 0 fully saturated rings. The molecule has 138 valence electrons. The van der Waals surface area contributed by atoms with Crippen molar-refractivity contribution in [2.45, 2.75) is 9.92 Å². The van der Waals surface area contributed by atoms with Gasteiger partial charge in [0.05, 0.1) is 4.92 Å². The van der Waals surface area contributed by atoms with Crippen LogP contribution in [0.1, 0.15) is 0 Å². The van der Waals surface area contributed by atoms with Crippen molar-refractivity contribution in [2.24, 2.45) is 0 Å². The van der Waals surface area contributed by atoms with Gasteiger partial charge in [0, 0.05) is 21.0 Å². The smallest absolute Gasteiger partial charge is 0.334 e. The summed E-state index contributed by atoms with van der Waals surface area (Å²) in [6.07, 6.45) is 1.32. The van der Waals surface area contributed by atoms with Gasteiger partial charge in [-0.25, -0.2) is 9.97 Å². The van der Waals surface area contributed by atoms with E-state index in [1.54, 1.807) is 24.3 Å². The lowest BCUT2D eigenvalue weighted by atomic mass is 10.1. The van der Waals surface area contributed by atoms with Gasteiger partial charge >= 0.3 is 5.69 Å². The Kier molecular flexibility index (Phi) is 5.10. The Morgan fingerprint density at radius 1 is 0.964 bits per heavy atom. The van der Waals surface area contributed by atoms with Crippen LogP contribution in [0.15, 0.2) is 83.0 Å². The molecule has 1 aromatic heterocycles. The molecule has 1 N–H and O–H groups in total. The first-order chi connectivity index (χ1) is 13.6. The molecule has 0 saturated carbocycles. The second kappa shape index (κ2) is 7.84. The van der Waals surface area contributed by atoms with Gasteiger partial charge in [0.2, 0.25) is 5.82 Å². The molecule has 28 heavy (non-hydrogen) atoms. The maximum absolute atomic E-state index is 11.8. The molecule has 0 spiro atoms. The van der Waals surface area contributed by atoms with E-state index < -0.39 is 4.92 Å². The predicted molar refractivity (Wildman–Crippen MR) is 111 cm³/mol. The molecule has 0 unspecified atom stereocenters. The van der Waals surface area contributed by atoms with E-state index in [-0.39, 0.29) is 16.5 Å². The van der Waals surface area contributed by atoms with E-state index in [0.29, 0.717) is 5.02 Å². The van der Waals surface area contributed by atoms with Gasteiger partial charge in [0.15, 0.2) is 5.03 Å². The minimum absolute atomic E-state index is 0.146. The fourth-order valence-corrected chi connectivity index (χ4v) is 3.76. The van der Waals surface area contributed by atoms with Crippen LogP contribution in [0.2, 0.25) is 5.02 Å². The zero-order chi connectivity index (χ0) is 19.5. The van der Waals surface area contributed by atoms with E-state index in [0.717, 1.165) is 21.4 Å². The van der Waals surface area contributed by atoms with Gasteiger partial charge in [-0.05, 0) is 35.7 Å². The van der Waals surface area contributed by atoms with Gasteiger partial charge in [0.1, 0.15) is 6.33 Å². The van der Waals surface area contributed by atoms with Crippen molar-refractivity contribution in [2.75, 3.05) is 5.32 Å². The van der Waals surface area contributed by atoms with Gasteiger partial charge < -0.3 is 5.32 Å². The summed E-state index contributed by atoms with van der Waals surface area (Å²) in [6, 6.07) is 20.6. The van der Waals surface area contributed by atoms with E-state index in [4.69, 9.17) is 11.6 Å².